The molecule has 0 aliphatic rings. The molecule has 17 heavy (non-hydrogen) atoms. The molecule has 0 amide bonds. The molecule has 0 atom stereocenters. The van der Waals surface area contributed by atoms with Crippen molar-refractivity contribution in [1.29, 1.82) is 0 Å². The van der Waals surface area contributed by atoms with Crippen LogP contribution in [0, 0.1) is 0 Å². The van der Waals surface area contributed by atoms with Crippen molar-refractivity contribution in [2.75, 3.05) is 13.1 Å². The molecule has 0 fully saturated rings. The normalized spacial score (nSPS) is 10.6. The highest BCUT2D eigenvalue weighted by Gasteiger charge is 2.14. The standard InChI is InChI=1S/C6H15N.C6H7O3P/c1-3-5-7-6-4-2;7-10(8,9)6-4-2-1-3-5-6/h7H,3-6H2,1-2H3;1-5H,(H2,7,8,9). The lowest BCUT2D eigenvalue weighted by atomic mass is 10.4. The smallest absolute Gasteiger partial charge is 0.321 e. The number of benzene rings is 1. The summed E-state index contributed by atoms with van der Waals surface area (Å²) in [5.41, 5.74) is 0. The number of nitrogens with one attached hydrogen (secondary N) is 1. The SMILES string of the molecule is CCCNCCC.O=P(O)(O)c1ccccc1. The Hall–Kier alpha value is -0.670. The Morgan fingerprint density at radius 2 is 1.53 bits per heavy atom. The monoisotopic (exact) mass is 259 g/mol. The van der Waals surface area contributed by atoms with Crippen molar-refractivity contribution >= 4 is 12.9 Å². The molecule has 0 unspecified atom stereocenters. The van der Waals surface area contributed by atoms with E-state index in [-0.39, 0.29) is 5.30 Å². The van der Waals surface area contributed by atoms with Gasteiger partial charge in [-0.15, -0.1) is 0 Å². The lowest BCUT2D eigenvalue weighted by Crippen LogP contribution is -2.14. The molecular formula is C12H22NO3P. The average Bonchev–Trinajstić information content (AvgIpc) is 2.31. The zero-order valence-corrected chi connectivity index (χ0v) is 11.4. The van der Waals surface area contributed by atoms with Gasteiger partial charge < -0.3 is 15.1 Å². The Labute approximate surface area is 103 Å². The maximum absolute atomic E-state index is 10.5. The van der Waals surface area contributed by atoms with Crippen LogP contribution in [0.5, 0.6) is 0 Å². The third-order valence-corrected chi connectivity index (χ3v) is 2.92. The van der Waals surface area contributed by atoms with Crippen molar-refractivity contribution in [2.24, 2.45) is 0 Å². The molecule has 0 saturated carbocycles. The lowest BCUT2D eigenvalue weighted by Gasteiger charge is -2.00. The minimum Gasteiger partial charge on any atom is -0.321 e. The van der Waals surface area contributed by atoms with E-state index < -0.39 is 7.60 Å². The highest BCUT2D eigenvalue weighted by Crippen LogP contribution is 2.32. The molecule has 5 heteroatoms. The molecule has 0 heterocycles. The van der Waals surface area contributed by atoms with Gasteiger partial charge in [-0.05, 0) is 38.1 Å². The second-order valence-corrected chi connectivity index (χ2v) is 5.23. The third kappa shape index (κ3) is 9.07. The predicted octanol–water partition coefficient (Wildman–Crippen LogP) is 1.89. The van der Waals surface area contributed by atoms with Crippen LogP contribution in [-0.2, 0) is 4.57 Å². The Bertz CT molecular complexity index is 320. The Balaban J connectivity index is 0.000000325. The molecule has 0 aromatic heterocycles. The van der Waals surface area contributed by atoms with Gasteiger partial charge in [-0.3, -0.25) is 4.57 Å². The molecule has 0 spiro atoms. The van der Waals surface area contributed by atoms with Crippen molar-refractivity contribution in [3.8, 4) is 0 Å². The van der Waals surface area contributed by atoms with E-state index in [9.17, 15) is 4.57 Å². The van der Waals surface area contributed by atoms with Crippen molar-refractivity contribution < 1.29 is 14.4 Å². The molecule has 0 bridgehead atoms. The van der Waals surface area contributed by atoms with Gasteiger partial charge >= 0.3 is 7.60 Å². The van der Waals surface area contributed by atoms with E-state index >= 15 is 0 Å². The number of rotatable bonds is 5. The lowest BCUT2D eigenvalue weighted by molar-refractivity contribution is 0.387. The van der Waals surface area contributed by atoms with E-state index in [0.717, 1.165) is 0 Å². The van der Waals surface area contributed by atoms with Crippen LogP contribution in [0.3, 0.4) is 0 Å². The van der Waals surface area contributed by atoms with Gasteiger partial charge in [0, 0.05) is 0 Å². The first-order chi connectivity index (χ1) is 8.02. The number of hydrogen-bond donors (Lipinski definition) is 3. The Morgan fingerprint density at radius 1 is 1.06 bits per heavy atom. The first-order valence-corrected chi connectivity index (χ1v) is 7.45. The summed E-state index contributed by atoms with van der Waals surface area (Å²) in [6.07, 6.45) is 2.50. The zero-order valence-electron chi connectivity index (χ0n) is 10.5. The second-order valence-electron chi connectivity index (χ2n) is 3.63. The van der Waals surface area contributed by atoms with Gasteiger partial charge in [0.15, 0.2) is 0 Å². The number of hydrogen-bond acceptors (Lipinski definition) is 2. The van der Waals surface area contributed by atoms with Crippen LogP contribution in [-0.4, -0.2) is 22.9 Å². The molecule has 0 aliphatic heterocycles. The van der Waals surface area contributed by atoms with E-state index in [0.29, 0.717) is 0 Å². The average molecular weight is 259 g/mol. The molecular weight excluding hydrogens is 237 g/mol. The maximum atomic E-state index is 10.5. The summed E-state index contributed by atoms with van der Waals surface area (Å²) in [7, 11) is -4.02. The van der Waals surface area contributed by atoms with Gasteiger partial charge in [-0.25, -0.2) is 0 Å². The van der Waals surface area contributed by atoms with Crippen molar-refractivity contribution in [3.05, 3.63) is 30.3 Å². The molecule has 0 saturated heterocycles. The fourth-order valence-electron chi connectivity index (χ4n) is 1.10. The van der Waals surface area contributed by atoms with Crippen LogP contribution in [0.4, 0.5) is 0 Å². The Morgan fingerprint density at radius 3 is 1.82 bits per heavy atom. The summed E-state index contributed by atoms with van der Waals surface area (Å²) in [5, 5.41) is 3.35. The molecule has 1 aromatic carbocycles. The first kappa shape index (κ1) is 16.3. The quantitative estimate of drug-likeness (QED) is 0.558. The Kier molecular flexibility index (Phi) is 9.00. The molecule has 98 valence electrons. The molecule has 1 aromatic rings. The minimum atomic E-state index is -4.02. The fourth-order valence-corrected chi connectivity index (χ4v) is 1.66. The van der Waals surface area contributed by atoms with Crippen LogP contribution < -0.4 is 10.6 Å². The highest BCUT2D eigenvalue weighted by molar-refractivity contribution is 7.60. The van der Waals surface area contributed by atoms with Gasteiger partial charge in [0.2, 0.25) is 0 Å². The van der Waals surface area contributed by atoms with E-state index in [1.165, 1.54) is 38.1 Å². The van der Waals surface area contributed by atoms with Crippen LogP contribution >= 0.6 is 7.60 Å². The van der Waals surface area contributed by atoms with Crippen LogP contribution in [0.2, 0.25) is 0 Å². The first-order valence-electron chi connectivity index (χ1n) is 5.84. The van der Waals surface area contributed by atoms with Crippen molar-refractivity contribution in [2.45, 2.75) is 26.7 Å². The summed E-state index contributed by atoms with van der Waals surface area (Å²) < 4.78 is 10.5. The van der Waals surface area contributed by atoms with Gasteiger partial charge in [0.25, 0.3) is 0 Å². The van der Waals surface area contributed by atoms with E-state index in [1.807, 2.05) is 0 Å². The predicted molar refractivity (Wildman–Crippen MR) is 71.6 cm³/mol. The van der Waals surface area contributed by atoms with E-state index in [4.69, 9.17) is 9.79 Å². The van der Waals surface area contributed by atoms with E-state index in [2.05, 4.69) is 19.2 Å². The van der Waals surface area contributed by atoms with E-state index in [1.54, 1.807) is 18.2 Å². The summed E-state index contributed by atoms with van der Waals surface area (Å²) >= 11 is 0. The fraction of sp³-hybridized carbons (Fsp3) is 0.500. The topological polar surface area (TPSA) is 69.6 Å². The molecule has 4 nitrogen and oxygen atoms in total. The third-order valence-electron chi connectivity index (χ3n) is 1.95. The molecule has 3 N–H and O–H groups in total. The van der Waals surface area contributed by atoms with Crippen LogP contribution in [0.15, 0.2) is 30.3 Å². The van der Waals surface area contributed by atoms with Crippen molar-refractivity contribution in [3.63, 3.8) is 0 Å². The second kappa shape index (κ2) is 9.37. The van der Waals surface area contributed by atoms with Gasteiger partial charge in [0.1, 0.15) is 0 Å². The summed E-state index contributed by atoms with van der Waals surface area (Å²) in [5.74, 6) is 0. The zero-order chi connectivity index (χ0) is 13.1. The molecule has 0 aliphatic carbocycles. The van der Waals surface area contributed by atoms with Crippen LogP contribution in [0.1, 0.15) is 26.7 Å². The summed E-state index contributed by atoms with van der Waals surface area (Å²) in [6.45, 7) is 6.72. The summed E-state index contributed by atoms with van der Waals surface area (Å²) in [4.78, 5) is 17.2. The summed E-state index contributed by atoms with van der Waals surface area (Å²) in [6, 6.07) is 7.70. The molecule has 0 radical (unpaired) electrons. The van der Waals surface area contributed by atoms with Gasteiger partial charge in [0.05, 0.1) is 5.30 Å². The minimum absolute atomic E-state index is 0.0648. The highest BCUT2D eigenvalue weighted by atomic mass is 31.2. The van der Waals surface area contributed by atoms with Gasteiger partial charge in [-0.2, -0.15) is 0 Å². The van der Waals surface area contributed by atoms with Crippen LogP contribution in [0.25, 0.3) is 0 Å². The largest absolute Gasteiger partial charge is 0.356 e. The van der Waals surface area contributed by atoms with Crippen molar-refractivity contribution in [1.82, 2.24) is 5.32 Å². The maximum Gasteiger partial charge on any atom is 0.356 e. The van der Waals surface area contributed by atoms with Gasteiger partial charge in [-0.1, -0.05) is 32.0 Å². The molecule has 1 rings (SSSR count).